The van der Waals surface area contributed by atoms with Crippen molar-refractivity contribution in [1.29, 1.82) is 0 Å². The Hall–Kier alpha value is 0.480. The minimum atomic E-state index is 0. The summed E-state index contributed by atoms with van der Waals surface area (Å²) >= 11 is 0. The molecule has 0 amide bonds. The van der Waals surface area contributed by atoms with Gasteiger partial charge in [-0.25, -0.2) is 0 Å². The van der Waals surface area contributed by atoms with Crippen LogP contribution >= 0.6 is 0 Å². The number of hydrogen-bond acceptors (Lipinski definition) is 0. The first-order chi connectivity index (χ1) is 3.79. The zero-order valence-corrected chi connectivity index (χ0v) is 6.37. The molecule has 0 bridgehead atoms. The third-order valence-corrected chi connectivity index (χ3v) is 1.22. The zero-order valence-electron chi connectivity index (χ0n) is 5.66. The van der Waals surface area contributed by atoms with Crippen molar-refractivity contribution in [2.24, 2.45) is 0 Å². The van der Waals surface area contributed by atoms with Gasteiger partial charge in [-0.15, -0.1) is 0 Å². The van der Waals surface area contributed by atoms with Crippen LogP contribution in [0.3, 0.4) is 0 Å². The first kappa shape index (κ1) is 9.48. The predicted octanol–water partition coefficient (Wildman–Crippen LogP) is 2.30. The molecule has 1 heteroatoms. The van der Waals surface area contributed by atoms with Crippen molar-refractivity contribution in [1.82, 2.24) is 0 Å². The predicted molar refractivity (Wildman–Crippen MR) is 35.9 cm³/mol. The second kappa shape index (κ2) is 4.32. The molecule has 0 atom stereocenters. The SMILES string of the molecule is Cc1ccc(C)cc1.[Ar]. The largest absolute Gasteiger partial charge is 0.0591 e. The summed E-state index contributed by atoms with van der Waals surface area (Å²) in [7, 11) is 0. The van der Waals surface area contributed by atoms with E-state index in [1.54, 1.807) is 0 Å². The Kier molecular flexibility index (Phi) is 4.55. The van der Waals surface area contributed by atoms with E-state index in [9.17, 15) is 0 Å². The molecule has 0 aromatic heterocycles. The first-order valence-corrected chi connectivity index (χ1v) is 2.82. The quantitative estimate of drug-likeness (QED) is 0.526. The second-order valence-electron chi connectivity index (χ2n) is 2.15. The van der Waals surface area contributed by atoms with E-state index in [1.165, 1.54) is 11.1 Å². The van der Waals surface area contributed by atoms with E-state index in [4.69, 9.17) is 0 Å². The van der Waals surface area contributed by atoms with Gasteiger partial charge in [0.05, 0.1) is 0 Å². The molecule has 0 unspecified atom stereocenters. The summed E-state index contributed by atoms with van der Waals surface area (Å²) in [5.74, 6) is 0. The van der Waals surface area contributed by atoms with Crippen molar-refractivity contribution in [3.8, 4) is 0 Å². The molecule has 1 aromatic carbocycles. The van der Waals surface area contributed by atoms with E-state index < -0.39 is 0 Å². The minimum absolute atomic E-state index is 0. The Balaban J connectivity index is 0.000000640. The monoisotopic (exact) mass is 146 g/mol. The van der Waals surface area contributed by atoms with Crippen molar-refractivity contribution < 1.29 is 37.7 Å². The van der Waals surface area contributed by atoms with Crippen LogP contribution in [0.1, 0.15) is 11.1 Å². The van der Waals surface area contributed by atoms with Crippen LogP contribution in [0.25, 0.3) is 0 Å². The van der Waals surface area contributed by atoms with E-state index in [0.717, 1.165) is 0 Å². The average Bonchev–Trinajstić information content (AvgIpc) is 1.77. The fourth-order valence-corrected chi connectivity index (χ4v) is 0.637. The minimum Gasteiger partial charge on any atom is -0.0591 e. The Morgan fingerprint density at radius 2 is 1.00 bits per heavy atom. The molecule has 0 aliphatic rings. The molecule has 50 valence electrons. The molecule has 0 nitrogen and oxygen atoms in total. The van der Waals surface area contributed by atoms with Crippen molar-refractivity contribution in [2.45, 2.75) is 13.8 Å². The van der Waals surface area contributed by atoms with Gasteiger partial charge < -0.3 is 0 Å². The molecule has 9 heavy (non-hydrogen) atoms. The smallest absolute Gasteiger partial charge is 0 e. The van der Waals surface area contributed by atoms with Crippen LogP contribution < -0.4 is 0 Å². The number of hydrogen-bond donors (Lipinski definition) is 0. The summed E-state index contributed by atoms with van der Waals surface area (Å²) in [6.07, 6.45) is 0. The van der Waals surface area contributed by atoms with Gasteiger partial charge in [-0.2, -0.15) is 0 Å². The van der Waals surface area contributed by atoms with Gasteiger partial charge in [0, 0.05) is 37.7 Å². The molecule has 1 aromatic rings. The van der Waals surface area contributed by atoms with Crippen molar-refractivity contribution in [3.63, 3.8) is 0 Å². The van der Waals surface area contributed by atoms with Gasteiger partial charge in [-0.1, -0.05) is 35.4 Å². The van der Waals surface area contributed by atoms with Gasteiger partial charge in [0.2, 0.25) is 0 Å². The van der Waals surface area contributed by atoms with Crippen molar-refractivity contribution in [2.75, 3.05) is 0 Å². The van der Waals surface area contributed by atoms with Crippen molar-refractivity contribution >= 4 is 0 Å². The van der Waals surface area contributed by atoms with Gasteiger partial charge in [0.25, 0.3) is 0 Å². The van der Waals surface area contributed by atoms with Crippen LogP contribution in [0.4, 0.5) is 0 Å². The maximum absolute atomic E-state index is 2.12. The van der Waals surface area contributed by atoms with E-state index in [0.29, 0.717) is 0 Å². The molecule has 0 saturated carbocycles. The Morgan fingerprint density at radius 3 is 1.22 bits per heavy atom. The summed E-state index contributed by atoms with van der Waals surface area (Å²) in [5, 5.41) is 0. The standard InChI is InChI=1S/C8H10.Ar/c1-7-3-5-8(2)6-4-7;/h3-6H,1-2H3;. The summed E-state index contributed by atoms with van der Waals surface area (Å²) < 4.78 is 0. The van der Waals surface area contributed by atoms with Gasteiger partial charge in [-0.3, -0.25) is 0 Å². The molecule has 0 fully saturated rings. The Labute approximate surface area is 86.3 Å². The van der Waals surface area contributed by atoms with E-state index in [2.05, 4.69) is 38.1 Å². The molecular formula is C8H10Ar. The van der Waals surface area contributed by atoms with Gasteiger partial charge >= 0.3 is 0 Å². The molecule has 0 heterocycles. The summed E-state index contributed by atoms with van der Waals surface area (Å²) in [6, 6.07) is 8.48. The van der Waals surface area contributed by atoms with Gasteiger partial charge in [0.1, 0.15) is 0 Å². The second-order valence-corrected chi connectivity index (χ2v) is 2.15. The van der Waals surface area contributed by atoms with Crippen LogP contribution in [0.2, 0.25) is 0 Å². The fraction of sp³-hybridized carbons (Fsp3) is 0.250. The number of aryl methyl sites for hydroxylation is 2. The third-order valence-electron chi connectivity index (χ3n) is 1.22. The fourth-order valence-electron chi connectivity index (χ4n) is 0.637. The molecule has 1 rings (SSSR count). The maximum atomic E-state index is 2.12. The molecular weight excluding hydrogens is 136 g/mol. The topological polar surface area (TPSA) is 0 Å². The average molecular weight is 146 g/mol. The van der Waals surface area contributed by atoms with E-state index in [1.807, 2.05) is 0 Å². The molecule has 0 N–H and O–H groups in total. The number of benzene rings is 1. The molecule has 0 radical (unpaired) electrons. The Morgan fingerprint density at radius 1 is 0.778 bits per heavy atom. The third kappa shape index (κ3) is 3.24. The summed E-state index contributed by atoms with van der Waals surface area (Å²) in [4.78, 5) is 0. The first-order valence-electron chi connectivity index (χ1n) is 2.82. The molecule has 0 aliphatic heterocycles. The normalized spacial score (nSPS) is 8.22. The van der Waals surface area contributed by atoms with Gasteiger partial charge in [0.15, 0.2) is 0 Å². The summed E-state index contributed by atoms with van der Waals surface area (Å²) in [6.45, 7) is 4.19. The van der Waals surface area contributed by atoms with Crippen LogP contribution in [-0.4, -0.2) is 0 Å². The summed E-state index contributed by atoms with van der Waals surface area (Å²) in [5.41, 5.74) is 2.66. The van der Waals surface area contributed by atoms with E-state index in [-0.39, 0.29) is 37.7 Å². The van der Waals surface area contributed by atoms with Crippen LogP contribution in [0, 0.1) is 51.6 Å². The Bertz CT molecular complexity index is 143. The van der Waals surface area contributed by atoms with Crippen molar-refractivity contribution in [3.05, 3.63) is 35.4 Å². The molecule has 0 saturated heterocycles. The zero-order chi connectivity index (χ0) is 5.98. The number of rotatable bonds is 0. The van der Waals surface area contributed by atoms with Gasteiger partial charge in [-0.05, 0) is 13.8 Å². The molecule has 0 spiro atoms. The van der Waals surface area contributed by atoms with E-state index >= 15 is 0 Å². The maximum Gasteiger partial charge on any atom is 0 e. The van der Waals surface area contributed by atoms with Crippen LogP contribution in [0.5, 0.6) is 0 Å². The molecule has 0 aliphatic carbocycles. The van der Waals surface area contributed by atoms with Crippen LogP contribution in [0.15, 0.2) is 24.3 Å². The van der Waals surface area contributed by atoms with Crippen LogP contribution in [-0.2, 0) is 0 Å².